The van der Waals surface area contributed by atoms with Crippen LogP contribution in [0.4, 0.5) is 10.5 Å². The Balaban J connectivity index is 1.84. The van der Waals surface area contributed by atoms with Crippen molar-refractivity contribution in [2.24, 2.45) is 0 Å². The van der Waals surface area contributed by atoms with Crippen molar-refractivity contribution in [2.45, 2.75) is 13.8 Å². The Hall–Kier alpha value is -1.75. The van der Waals surface area contributed by atoms with E-state index in [-0.39, 0.29) is 6.03 Å². The molecule has 21 heavy (non-hydrogen) atoms. The molecule has 0 aliphatic carbocycles. The normalized spacial score (nSPS) is 16.1. The second-order valence-electron chi connectivity index (χ2n) is 5.63. The van der Waals surface area contributed by atoms with Gasteiger partial charge in [0.1, 0.15) is 5.75 Å². The fourth-order valence-corrected chi connectivity index (χ4v) is 2.46. The van der Waals surface area contributed by atoms with Gasteiger partial charge in [-0.05, 0) is 18.1 Å². The molecule has 2 amide bonds. The van der Waals surface area contributed by atoms with Crippen LogP contribution in [0.25, 0.3) is 0 Å². The number of ether oxygens (including phenoxy) is 1. The van der Waals surface area contributed by atoms with Crippen LogP contribution in [-0.2, 0) is 0 Å². The molecule has 0 spiro atoms. The lowest BCUT2D eigenvalue weighted by Gasteiger charge is -2.35. The van der Waals surface area contributed by atoms with Crippen LogP contribution >= 0.6 is 0 Å². The fourth-order valence-electron chi connectivity index (χ4n) is 2.46. The third-order valence-corrected chi connectivity index (χ3v) is 3.52. The molecule has 0 aromatic heterocycles. The number of nitrogens with zero attached hydrogens (tertiary/aromatic N) is 2. The smallest absolute Gasteiger partial charge is 0.321 e. The summed E-state index contributed by atoms with van der Waals surface area (Å²) in [6.07, 6.45) is 0. The summed E-state index contributed by atoms with van der Waals surface area (Å²) >= 11 is 0. The van der Waals surface area contributed by atoms with Crippen LogP contribution in [-0.4, -0.2) is 55.7 Å². The van der Waals surface area contributed by atoms with E-state index in [0.29, 0.717) is 0 Å². The molecule has 1 aliphatic rings. The van der Waals surface area contributed by atoms with E-state index in [1.807, 2.05) is 29.2 Å². The highest BCUT2D eigenvalue weighted by molar-refractivity contribution is 5.89. The van der Waals surface area contributed by atoms with Crippen LogP contribution in [0.1, 0.15) is 13.8 Å². The van der Waals surface area contributed by atoms with Gasteiger partial charge in [-0.2, -0.15) is 0 Å². The van der Waals surface area contributed by atoms with Crippen molar-refractivity contribution in [3.63, 3.8) is 0 Å². The molecule has 1 fully saturated rings. The topological polar surface area (TPSA) is 44.8 Å². The Morgan fingerprint density at radius 3 is 2.57 bits per heavy atom. The molecule has 2 rings (SSSR count). The predicted molar refractivity (Wildman–Crippen MR) is 84.6 cm³/mol. The first-order valence-corrected chi connectivity index (χ1v) is 7.30. The molecule has 0 bridgehead atoms. The molecule has 1 radical (unpaired) electrons. The van der Waals surface area contributed by atoms with Gasteiger partial charge in [-0.3, -0.25) is 4.90 Å². The number of urea groups is 1. The average molecular weight is 290 g/mol. The fraction of sp³-hybridized carbons (Fsp3) is 0.500. The van der Waals surface area contributed by atoms with Crippen LogP contribution in [0.2, 0.25) is 0 Å². The third-order valence-electron chi connectivity index (χ3n) is 3.52. The molecule has 0 saturated carbocycles. The summed E-state index contributed by atoms with van der Waals surface area (Å²) in [4.78, 5) is 16.5. The maximum absolute atomic E-state index is 12.2. The van der Waals surface area contributed by atoms with Gasteiger partial charge in [0, 0.05) is 44.5 Å². The number of rotatable bonds is 4. The second kappa shape index (κ2) is 7.31. The van der Waals surface area contributed by atoms with Gasteiger partial charge in [0.05, 0.1) is 7.11 Å². The van der Waals surface area contributed by atoms with E-state index in [1.165, 1.54) is 5.92 Å². The van der Waals surface area contributed by atoms with Crippen molar-refractivity contribution in [3.8, 4) is 5.75 Å². The minimum absolute atomic E-state index is 0.0416. The van der Waals surface area contributed by atoms with Crippen molar-refractivity contribution >= 4 is 11.7 Å². The second-order valence-corrected chi connectivity index (χ2v) is 5.63. The van der Waals surface area contributed by atoms with E-state index in [4.69, 9.17) is 4.74 Å². The van der Waals surface area contributed by atoms with Crippen molar-refractivity contribution < 1.29 is 9.53 Å². The van der Waals surface area contributed by atoms with Gasteiger partial charge in [-0.1, -0.05) is 19.9 Å². The van der Waals surface area contributed by atoms with Crippen LogP contribution in [0.3, 0.4) is 0 Å². The molecule has 0 atom stereocenters. The quantitative estimate of drug-likeness (QED) is 0.926. The number of hydrogen-bond acceptors (Lipinski definition) is 3. The molecule has 1 aromatic rings. The molecule has 1 aromatic carbocycles. The molecule has 1 heterocycles. The highest BCUT2D eigenvalue weighted by atomic mass is 16.5. The average Bonchev–Trinajstić information content (AvgIpc) is 2.47. The first-order chi connectivity index (χ1) is 10.1. The molecular weight excluding hydrogens is 266 g/mol. The number of carbonyl (C=O) groups is 1. The summed E-state index contributed by atoms with van der Waals surface area (Å²) in [5.41, 5.74) is 0.763. The summed E-state index contributed by atoms with van der Waals surface area (Å²) < 4.78 is 5.16. The summed E-state index contributed by atoms with van der Waals surface area (Å²) in [5, 5.41) is 2.93. The van der Waals surface area contributed by atoms with Gasteiger partial charge in [0.25, 0.3) is 0 Å². The van der Waals surface area contributed by atoms with Gasteiger partial charge in [0.15, 0.2) is 0 Å². The summed E-state index contributed by atoms with van der Waals surface area (Å²) in [6, 6.07) is 7.37. The van der Waals surface area contributed by atoms with Crippen molar-refractivity contribution in [2.75, 3.05) is 45.2 Å². The number of piperazine rings is 1. The lowest BCUT2D eigenvalue weighted by atomic mass is 10.2. The largest absolute Gasteiger partial charge is 0.497 e. The number of amides is 2. The molecule has 1 aliphatic heterocycles. The monoisotopic (exact) mass is 290 g/mol. The molecule has 1 saturated heterocycles. The Morgan fingerprint density at radius 2 is 1.95 bits per heavy atom. The Morgan fingerprint density at radius 1 is 1.24 bits per heavy atom. The molecule has 1 N–H and O–H groups in total. The van der Waals surface area contributed by atoms with Crippen LogP contribution < -0.4 is 10.1 Å². The van der Waals surface area contributed by atoms with E-state index in [0.717, 1.165) is 44.2 Å². The third kappa shape index (κ3) is 4.63. The first-order valence-electron chi connectivity index (χ1n) is 7.30. The molecule has 5 nitrogen and oxygen atoms in total. The maximum atomic E-state index is 12.2. The van der Waals surface area contributed by atoms with E-state index < -0.39 is 0 Å². The highest BCUT2D eigenvalue weighted by Gasteiger charge is 2.21. The molecule has 115 valence electrons. The predicted octanol–water partition coefficient (Wildman–Crippen LogP) is 2.46. The van der Waals surface area contributed by atoms with Crippen LogP contribution in [0, 0.1) is 5.92 Å². The van der Waals surface area contributed by atoms with E-state index in [1.54, 1.807) is 7.11 Å². The zero-order chi connectivity index (χ0) is 15.2. The van der Waals surface area contributed by atoms with Gasteiger partial charge in [0.2, 0.25) is 0 Å². The number of anilines is 1. The number of benzene rings is 1. The van der Waals surface area contributed by atoms with Gasteiger partial charge in [-0.15, -0.1) is 0 Å². The van der Waals surface area contributed by atoms with E-state index >= 15 is 0 Å². The lowest BCUT2D eigenvalue weighted by molar-refractivity contribution is 0.150. The first kappa shape index (κ1) is 15.6. The van der Waals surface area contributed by atoms with E-state index in [2.05, 4.69) is 24.1 Å². The molecule has 5 heteroatoms. The minimum Gasteiger partial charge on any atom is -0.497 e. The van der Waals surface area contributed by atoms with Crippen LogP contribution in [0.5, 0.6) is 5.75 Å². The van der Waals surface area contributed by atoms with Crippen molar-refractivity contribution in [3.05, 3.63) is 30.2 Å². The molecule has 0 unspecified atom stereocenters. The summed E-state index contributed by atoms with van der Waals surface area (Å²) in [7, 11) is 1.62. The van der Waals surface area contributed by atoms with Gasteiger partial charge in [-0.25, -0.2) is 4.79 Å². The standard InChI is InChI=1S/C16H24N3O2/c1-13(2)12-18-7-9-19(10-8-18)16(20)17-14-5-4-6-15(11-14)21-3/h4-6,11H,7-10,12H2,1-3H3,(H,17,20). The zero-order valence-electron chi connectivity index (χ0n) is 13.1. The van der Waals surface area contributed by atoms with Crippen molar-refractivity contribution in [1.82, 2.24) is 9.80 Å². The van der Waals surface area contributed by atoms with Gasteiger partial charge >= 0.3 is 6.03 Å². The number of hydrogen-bond donors (Lipinski definition) is 1. The molecular formula is C16H24N3O2. The zero-order valence-corrected chi connectivity index (χ0v) is 13.1. The number of carbonyl (C=O) groups excluding carboxylic acids is 1. The maximum Gasteiger partial charge on any atom is 0.321 e. The Bertz CT molecular complexity index is 468. The lowest BCUT2D eigenvalue weighted by Crippen LogP contribution is -2.50. The number of methoxy groups -OCH3 is 1. The Labute approximate surface area is 126 Å². The highest BCUT2D eigenvalue weighted by Crippen LogP contribution is 2.17. The van der Waals surface area contributed by atoms with Gasteiger partial charge < -0.3 is 15.0 Å². The minimum atomic E-state index is -0.0416. The van der Waals surface area contributed by atoms with Crippen molar-refractivity contribution in [1.29, 1.82) is 0 Å². The van der Waals surface area contributed by atoms with E-state index in [9.17, 15) is 4.79 Å². The summed E-state index contributed by atoms with van der Waals surface area (Å²) in [6.45, 7) is 8.69. The SMILES string of the molecule is COc1cccc(NC(=O)N2CCN(C[C](C)C)CC2)c1. The summed E-state index contributed by atoms with van der Waals surface area (Å²) in [5.74, 6) is 2.15. The Kier molecular flexibility index (Phi) is 5.44. The number of nitrogens with one attached hydrogen (secondary N) is 1. The van der Waals surface area contributed by atoms with Crippen LogP contribution in [0.15, 0.2) is 24.3 Å².